The molecule has 1 heterocycles. The summed E-state index contributed by atoms with van der Waals surface area (Å²) in [6, 6.07) is 1.90. The standard InChI is InChI=1S/C12H13F2N3O2/c1-12(2)11(19)16-9(18)5-17(12)10-7(13)3-6(15)4-8(10)14/h3-4H,5,15H2,1-2H3,(H,16,18,19). The number of piperazine rings is 1. The number of nitrogens with one attached hydrogen (secondary N) is 1. The molecular weight excluding hydrogens is 256 g/mol. The first-order chi connectivity index (χ1) is 8.73. The molecule has 2 amide bonds. The quantitative estimate of drug-likeness (QED) is 0.584. The SMILES string of the molecule is CC1(C)C(=O)NC(=O)CN1c1c(F)cc(N)cc1F. The molecule has 1 saturated heterocycles. The van der Waals surface area contributed by atoms with E-state index in [0.717, 1.165) is 17.0 Å². The minimum absolute atomic E-state index is 0.0654. The van der Waals surface area contributed by atoms with Crippen molar-refractivity contribution in [2.24, 2.45) is 0 Å². The van der Waals surface area contributed by atoms with Gasteiger partial charge in [0, 0.05) is 5.69 Å². The molecule has 1 fully saturated rings. The number of halogens is 2. The summed E-state index contributed by atoms with van der Waals surface area (Å²) in [5.74, 6) is -3.04. The fraction of sp³-hybridized carbons (Fsp3) is 0.333. The molecule has 0 unspecified atom stereocenters. The highest BCUT2D eigenvalue weighted by molar-refractivity contribution is 6.06. The van der Waals surface area contributed by atoms with Crippen LogP contribution in [0, 0.1) is 11.6 Å². The van der Waals surface area contributed by atoms with Crippen molar-refractivity contribution >= 4 is 23.2 Å². The summed E-state index contributed by atoms with van der Waals surface area (Å²) >= 11 is 0. The first-order valence-electron chi connectivity index (χ1n) is 5.60. The number of amides is 2. The van der Waals surface area contributed by atoms with Crippen molar-refractivity contribution in [1.82, 2.24) is 5.32 Å². The lowest BCUT2D eigenvalue weighted by molar-refractivity contribution is -0.135. The van der Waals surface area contributed by atoms with Gasteiger partial charge in [-0.1, -0.05) is 0 Å². The number of carbonyl (C=O) groups excluding carboxylic acids is 2. The smallest absolute Gasteiger partial charge is 0.251 e. The van der Waals surface area contributed by atoms with Crippen LogP contribution in [-0.4, -0.2) is 23.9 Å². The lowest BCUT2D eigenvalue weighted by Crippen LogP contribution is -2.64. The Morgan fingerprint density at radius 3 is 2.32 bits per heavy atom. The largest absolute Gasteiger partial charge is 0.399 e. The summed E-state index contributed by atoms with van der Waals surface area (Å²) in [6.07, 6.45) is 0. The normalized spacial score (nSPS) is 18.4. The van der Waals surface area contributed by atoms with Crippen LogP contribution >= 0.6 is 0 Å². The van der Waals surface area contributed by atoms with Gasteiger partial charge in [0.25, 0.3) is 5.91 Å². The van der Waals surface area contributed by atoms with Crippen LogP contribution in [0.1, 0.15) is 13.8 Å². The molecule has 0 aromatic heterocycles. The van der Waals surface area contributed by atoms with Gasteiger partial charge in [0.1, 0.15) is 11.2 Å². The molecule has 1 aromatic carbocycles. The van der Waals surface area contributed by atoms with Crippen LogP contribution in [0.5, 0.6) is 0 Å². The summed E-state index contributed by atoms with van der Waals surface area (Å²) in [7, 11) is 0. The topological polar surface area (TPSA) is 75.4 Å². The number of anilines is 2. The minimum atomic E-state index is -1.24. The second-order valence-corrected chi connectivity index (χ2v) is 4.86. The van der Waals surface area contributed by atoms with Crippen LogP contribution in [0.15, 0.2) is 12.1 Å². The molecule has 0 bridgehead atoms. The molecule has 5 nitrogen and oxygen atoms in total. The van der Waals surface area contributed by atoms with Gasteiger partial charge in [0.05, 0.1) is 6.54 Å². The average molecular weight is 269 g/mol. The first kappa shape index (κ1) is 13.3. The van der Waals surface area contributed by atoms with E-state index >= 15 is 0 Å². The Kier molecular flexibility index (Phi) is 2.92. The predicted molar refractivity (Wildman–Crippen MR) is 65.3 cm³/mol. The molecule has 1 aliphatic rings. The van der Waals surface area contributed by atoms with Gasteiger partial charge in [-0.05, 0) is 26.0 Å². The second kappa shape index (κ2) is 4.18. The Labute approximate surface area is 108 Å². The molecular formula is C12H13F2N3O2. The second-order valence-electron chi connectivity index (χ2n) is 4.86. The Balaban J connectivity index is 2.56. The maximum absolute atomic E-state index is 13.9. The highest BCUT2D eigenvalue weighted by Crippen LogP contribution is 2.32. The summed E-state index contributed by atoms with van der Waals surface area (Å²) in [5.41, 5.74) is 3.60. The maximum Gasteiger partial charge on any atom is 0.251 e. The number of nitrogen functional groups attached to an aromatic ring is 1. The number of nitrogens with zero attached hydrogens (tertiary/aromatic N) is 1. The van der Waals surface area contributed by atoms with E-state index in [-0.39, 0.29) is 12.2 Å². The van der Waals surface area contributed by atoms with Crippen molar-refractivity contribution in [3.63, 3.8) is 0 Å². The highest BCUT2D eigenvalue weighted by Gasteiger charge is 2.43. The van der Waals surface area contributed by atoms with E-state index in [2.05, 4.69) is 5.32 Å². The number of rotatable bonds is 1. The van der Waals surface area contributed by atoms with E-state index in [4.69, 9.17) is 5.73 Å². The van der Waals surface area contributed by atoms with Crippen LogP contribution in [0.2, 0.25) is 0 Å². The zero-order valence-corrected chi connectivity index (χ0v) is 10.5. The van der Waals surface area contributed by atoms with Crippen molar-refractivity contribution in [3.05, 3.63) is 23.8 Å². The molecule has 0 aliphatic carbocycles. The lowest BCUT2D eigenvalue weighted by atomic mass is 9.97. The first-order valence-corrected chi connectivity index (χ1v) is 5.60. The number of hydrogen-bond donors (Lipinski definition) is 2. The molecule has 0 radical (unpaired) electrons. The third-order valence-corrected chi connectivity index (χ3v) is 3.09. The monoisotopic (exact) mass is 269 g/mol. The van der Waals surface area contributed by atoms with E-state index in [1.54, 1.807) is 0 Å². The van der Waals surface area contributed by atoms with Crippen LogP contribution in [0.4, 0.5) is 20.2 Å². The van der Waals surface area contributed by atoms with Crippen molar-refractivity contribution < 1.29 is 18.4 Å². The van der Waals surface area contributed by atoms with Gasteiger partial charge >= 0.3 is 0 Å². The molecule has 102 valence electrons. The summed E-state index contributed by atoms with van der Waals surface area (Å²) in [6.45, 7) is 2.64. The summed E-state index contributed by atoms with van der Waals surface area (Å²) in [5, 5.41) is 2.13. The van der Waals surface area contributed by atoms with Crippen molar-refractivity contribution in [2.75, 3.05) is 17.2 Å². The zero-order valence-electron chi connectivity index (χ0n) is 10.5. The Hall–Kier alpha value is -2.18. The zero-order chi connectivity index (χ0) is 14.4. The molecule has 0 atom stereocenters. The Morgan fingerprint density at radius 1 is 1.26 bits per heavy atom. The number of nitrogens with two attached hydrogens (primary N) is 1. The van der Waals surface area contributed by atoms with E-state index < -0.39 is 34.7 Å². The van der Waals surface area contributed by atoms with E-state index in [9.17, 15) is 18.4 Å². The van der Waals surface area contributed by atoms with Gasteiger partial charge in [-0.15, -0.1) is 0 Å². The van der Waals surface area contributed by atoms with Crippen LogP contribution in [-0.2, 0) is 9.59 Å². The van der Waals surface area contributed by atoms with E-state index in [1.165, 1.54) is 13.8 Å². The molecule has 2 rings (SSSR count). The highest BCUT2D eigenvalue weighted by atomic mass is 19.1. The van der Waals surface area contributed by atoms with E-state index in [1.807, 2.05) is 0 Å². The van der Waals surface area contributed by atoms with Gasteiger partial charge < -0.3 is 10.6 Å². The number of imide groups is 1. The third-order valence-electron chi connectivity index (χ3n) is 3.09. The molecule has 7 heteroatoms. The van der Waals surface area contributed by atoms with Crippen LogP contribution in [0.3, 0.4) is 0 Å². The molecule has 0 saturated carbocycles. The fourth-order valence-corrected chi connectivity index (χ4v) is 1.98. The minimum Gasteiger partial charge on any atom is -0.399 e. The van der Waals surface area contributed by atoms with Crippen molar-refractivity contribution in [3.8, 4) is 0 Å². The lowest BCUT2D eigenvalue weighted by Gasteiger charge is -2.41. The molecule has 19 heavy (non-hydrogen) atoms. The number of carbonyl (C=O) groups is 2. The average Bonchev–Trinajstić information content (AvgIpc) is 2.24. The van der Waals surface area contributed by atoms with Gasteiger partial charge in [0.2, 0.25) is 5.91 Å². The predicted octanol–water partition coefficient (Wildman–Crippen LogP) is 0.788. The molecule has 1 aliphatic heterocycles. The van der Waals surface area contributed by atoms with Crippen molar-refractivity contribution in [1.29, 1.82) is 0 Å². The number of hydrogen-bond acceptors (Lipinski definition) is 4. The summed E-state index contributed by atoms with van der Waals surface area (Å²) < 4.78 is 27.8. The molecule has 1 aromatic rings. The van der Waals surface area contributed by atoms with Gasteiger partial charge in [0.15, 0.2) is 11.6 Å². The fourth-order valence-electron chi connectivity index (χ4n) is 1.98. The summed E-state index contributed by atoms with van der Waals surface area (Å²) in [4.78, 5) is 24.2. The number of benzene rings is 1. The van der Waals surface area contributed by atoms with Crippen LogP contribution < -0.4 is 16.0 Å². The molecule has 3 N–H and O–H groups in total. The van der Waals surface area contributed by atoms with Gasteiger partial charge in [-0.3, -0.25) is 14.9 Å². The van der Waals surface area contributed by atoms with Crippen LogP contribution in [0.25, 0.3) is 0 Å². The maximum atomic E-state index is 13.9. The van der Waals surface area contributed by atoms with Gasteiger partial charge in [-0.2, -0.15) is 0 Å². The van der Waals surface area contributed by atoms with Crippen molar-refractivity contribution in [2.45, 2.75) is 19.4 Å². The molecule has 0 spiro atoms. The third kappa shape index (κ3) is 2.11. The van der Waals surface area contributed by atoms with Gasteiger partial charge in [-0.25, -0.2) is 8.78 Å². The Bertz CT molecular complexity index is 549. The Morgan fingerprint density at radius 2 is 1.79 bits per heavy atom. The van der Waals surface area contributed by atoms with E-state index in [0.29, 0.717) is 0 Å².